The van der Waals surface area contributed by atoms with E-state index < -0.39 is 0 Å². The van der Waals surface area contributed by atoms with Gasteiger partial charge in [-0.05, 0) is 33.4 Å². The highest BCUT2D eigenvalue weighted by Crippen LogP contribution is 2.22. The van der Waals surface area contributed by atoms with Crippen molar-refractivity contribution in [1.29, 1.82) is 0 Å². The number of nitrogens with one attached hydrogen (secondary N) is 1. The van der Waals surface area contributed by atoms with Gasteiger partial charge in [0.1, 0.15) is 17.5 Å². The fraction of sp³-hybridized carbons (Fsp3) is 0.750. The number of anilines is 2. The van der Waals surface area contributed by atoms with E-state index in [0.717, 1.165) is 49.9 Å². The van der Waals surface area contributed by atoms with Gasteiger partial charge in [-0.1, -0.05) is 13.8 Å². The molecule has 21 heavy (non-hydrogen) atoms. The van der Waals surface area contributed by atoms with Gasteiger partial charge in [0.2, 0.25) is 0 Å². The molecule has 0 bridgehead atoms. The molecule has 0 radical (unpaired) electrons. The van der Waals surface area contributed by atoms with Crippen LogP contribution in [0.4, 0.5) is 11.6 Å². The zero-order valence-electron chi connectivity index (χ0n) is 13.9. The van der Waals surface area contributed by atoms with Crippen LogP contribution < -0.4 is 10.2 Å². The van der Waals surface area contributed by atoms with Gasteiger partial charge in [-0.3, -0.25) is 0 Å². The summed E-state index contributed by atoms with van der Waals surface area (Å²) in [6.07, 6.45) is 3.21. The SMILES string of the molecule is CCNc1cc(N2CCCN(C)CC2CC)nc(CC)n1. The van der Waals surface area contributed by atoms with Crippen LogP contribution >= 0.6 is 0 Å². The van der Waals surface area contributed by atoms with Crippen molar-refractivity contribution < 1.29 is 0 Å². The third-order valence-electron chi connectivity index (χ3n) is 4.10. The highest BCUT2D eigenvalue weighted by atomic mass is 15.3. The molecule has 1 aromatic heterocycles. The number of hydrogen-bond donors (Lipinski definition) is 1. The quantitative estimate of drug-likeness (QED) is 0.902. The minimum atomic E-state index is 0.534. The Morgan fingerprint density at radius 3 is 2.71 bits per heavy atom. The second-order valence-corrected chi connectivity index (χ2v) is 5.78. The third kappa shape index (κ3) is 4.06. The smallest absolute Gasteiger partial charge is 0.134 e. The minimum absolute atomic E-state index is 0.534. The molecule has 0 amide bonds. The standard InChI is InChI=1S/C16H29N5/c1-5-13-12-20(4)9-8-10-21(13)16-11-15(17-7-3)18-14(6-2)19-16/h11,13H,5-10,12H2,1-4H3,(H,17,18,19). The van der Waals surface area contributed by atoms with Crippen LogP contribution in [0.5, 0.6) is 0 Å². The predicted octanol–water partition coefficient (Wildman–Crippen LogP) is 2.39. The summed E-state index contributed by atoms with van der Waals surface area (Å²) in [5.74, 6) is 2.96. The van der Waals surface area contributed by atoms with Crippen molar-refractivity contribution in [2.24, 2.45) is 0 Å². The Morgan fingerprint density at radius 2 is 2.05 bits per heavy atom. The lowest BCUT2D eigenvalue weighted by atomic mass is 10.2. The first-order valence-electron chi connectivity index (χ1n) is 8.24. The molecule has 1 aromatic rings. The maximum Gasteiger partial charge on any atom is 0.134 e. The molecule has 1 aliphatic rings. The number of aryl methyl sites for hydroxylation is 1. The second-order valence-electron chi connectivity index (χ2n) is 5.78. The maximum atomic E-state index is 4.78. The van der Waals surface area contributed by atoms with Crippen LogP contribution in [0, 0.1) is 0 Å². The van der Waals surface area contributed by atoms with Crippen LogP contribution in [-0.2, 0) is 6.42 Å². The van der Waals surface area contributed by atoms with E-state index in [1.807, 2.05) is 0 Å². The van der Waals surface area contributed by atoms with Gasteiger partial charge in [0.25, 0.3) is 0 Å². The maximum absolute atomic E-state index is 4.78. The Balaban J connectivity index is 2.30. The van der Waals surface area contributed by atoms with Gasteiger partial charge in [0.15, 0.2) is 0 Å². The summed E-state index contributed by atoms with van der Waals surface area (Å²) in [6, 6.07) is 2.64. The normalized spacial score (nSPS) is 20.4. The summed E-state index contributed by atoms with van der Waals surface area (Å²) in [6.45, 7) is 10.7. The van der Waals surface area contributed by atoms with E-state index in [0.29, 0.717) is 6.04 Å². The molecular formula is C16H29N5. The molecule has 1 saturated heterocycles. The fourth-order valence-electron chi connectivity index (χ4n) is 2.95. The molecule has 1 N–H and O–H groups in total. The van der Waals surface area contributed by atoms with E-state index in [9.17, 15) is 0 Å². The van der Waals surface area contributed by atoms with Crippen LogP contribution in [0.1, 0.15) is 39.4 Å². The molecule has 1 fully saturated rings. The van der Waals surface area contributed by atoms with Crippen molar-refractivity contribution in [3.63, 3.8) is 0 Å². The lowest BCUT2D eigenvalue weighted by molar-refractivity contribution is 0.327. The van der Waals surface area contributed by atoms with Gasteiger partial charge >= 0.3 is 0 Å². The van der Waals surface area contributed by atoms with Gasteiger partial charge in [0.05, 0.1) is 0 Å². The van der Waals surface area contributed by atoms with E-state index in [1.165, 1.54) is 13.0 Å². The molecule has 0 saturated carbocycles. The van der Waals surface area contributed by atoms with Crippen molar-refractivity contribution in [1.82, 2.24) is 14.9 Å². The zero-order valence-corrected chi connectivity index (χ0v) is 13.9. The van der Waals surface area contributed by atoms with E-state index in [1.54, 1.807) is 0 Å². The van der Waals surface area contributed by atoms with Crippen LogP contribution in [0.25, 0.3) is 0 Å². The molecule has 1 unspecified atom stereocenters. The average molecular weight is 291 g/mol. The first-order valence-corrected chi connectivity index (χ1v) is 8.24. The van der Waals surface area contributed by atoms with E-state index in [2.05, 4.69) is 54.0 Å². The molecule has 1 aliphatic heterocycles. The molecule has 5 heteroatoms. The van der Waals surface area contributed by atoms with Crippen molar-refractivity contribution in [3.05, 3.63) is 11.9 Å². The van der Waals surface area contributed by atoms with Crippen molar-refractivity contribution in [3.8, 4) is 0 Å². The Bertz CT molecular complexity index is 448. The Morgan fingerprint density at radius 1 is 1.24 bits per heavy atom. The fourth-order valence-corrected chi connectivity index (χ4v) is 2.95. The highest BCUT2D eigenvalue weighted by Gasteiger charge is 2.23. The van der Waals surface area contributed by atoms with Crippen LogP contribution in [-0.4, -0.2) is 54.1 Å². The lowest BCUT2D eigenvalue weighted by Gasteiger charge is -2.31. The largest absolute Gasteiger partial charge is 0.370 e. The van der Waals surface area contributed by atoms with Gasteiger partial charge in [0, 0.05) is 38.2 Å². The molecule has 0 aromatic carbocycles. The third-order valence-corrected chi connectivity index (χ3v) is 4.10. The molecule has 2 rings (SSSR count). The Kier molecular flexibility index (Phi) is 5.79. The first-order chi connectivity index (χ1) is 10.2. The van der Waals surface area contributed by atoms with E-state index in [4.69, 9.17) is 4.98 Å². The monoisotopic (exact) mass is 291 g/mol. The van der Waals surface area contributed by atoms with Gasteiger partial charge in [-0.2, -0.15) is 0 Å². The Hall–Kier alpha value is -1.36. The van der Waals surface area contributed by atoms with Gasteiger partial charge in [-0.15, -0.1) is 0 Å². The number of aromatic nitrogens is 2. The molecule has 2 heterocycles. The minimum Gasteiger partial charge on any atom is -0.370 e. The van der Waals surface area contributed by atoms with Crippen molar-refractivity contribution in [2.45, 2.75) is 46.1 Å². The van der Waals surface area contributed by atoms with Crippen LogP contribution in [0.3, 0.4) is 0 Å². The highest BCUT2D eigenvalue weighted by molar-refractivity contribution is 5.50. The molecule has 0 spiro atoms. The molecular weight excluding hydrogens is 262 g/mol. The van der Waals surface area contributed by atoms with E-state index in [-0.39, 0.29) is 0 Å². The number of hydrogen-bond acceptors (Lipinski definition) is 5. The van der Waals surface area contributed by atoms with Crippen molar-refractivity contribution >= 4 is 11.6 Å². The summed E-state index contributed by atoms with van der Waals surface area (Å²) in [5, 5.41) is 3.33. The average Bonchev–Trinajstić information content (AvgIpc) is 2.68. The number of nitrogens with zero attached hydrogens (tertiary/aromatic N) is 4. The summed E-state index contributed by atoms with van der Waals surface area (Å²) in [4.78, 5) is 14.3. The topological polar surface area (TPSA) is 44.3 Å². The molecule has 1 atom stereocenters. The summed E-state index contributed by atoms with van der Waals surface area (Å²) in [5.41, 5.74) is 0. The predicted molar refractivity (Wildman–Crippen MR) is 89.1 cm³/mol. The molecule has 118 valence electrons. The second kappa shape index (κ2) is 7.59. The van der Waals surface area contributed by atoms with Crippen LogP contribution in [0.15, 0.2) is 6.07 Å². The lowest BCUT2D eigenvalue weighted by Crippen LogP contribution is -2.40. The zero-order chi connectivity index (χ0) is 15.2. The molecule has 0 aliphatic carbocycles. The van der Waals surface area contributed by atoms with E-state index >= 15 is 0 Å². The Labute approximate surface area is 128 Å². The van der Waals surface area contributed by atoms with Crippen molar-refractivity contribution in [2.75, 3.05) is 43.4 Å². The van der Waals surface area contributed by atoms with Gasteiger partial charge < -0.3 is 15.1 Å². The summed E-state index contributed by atoms with van der Waals surface area (Å²) in [7, 11) is 2.22. The summed E-state index contributed by atoms with van der Waals surface area (Å²) >= 11 is 0. The number of rotatable bonds is 5. The number of likely N-dealkylation sites (N-methyl/N-ethyl adjacent to an activating group) is 1. The van der Waals surface area contributed by atoms with Gasteiger partial charge in [-0.25, -0.2) is 9.97 Å². The van der Waals surface area contributed by atoms with Crippen LogP contribution in [0.2, 0.25) is 0 Å². The molecule has 5 nitrogen and oxygen atoms in total. The first kappa shape index (κ1) is 16.0. The summed E-state index contributed by atoms with van der Waals surface area (Å²) < 4.78 is 0.